The second kappa shape index (κ2) is 13.6. The molecule has 3 heterocycles. The number of fused-ring (bicyclic) bond motifs is 3. The van der Waals surface area contributed by atoms with E-state index in [2.05, 4.69) is 174 Å². The normalized spacial score (nSPS) is 12.5. The van der Waals surface area contributed by atoms with E-state index < -0.39 is 5.41 Å². The molecule has 0 aliphatic heterocycles. The van der Waals surface area contributed by atoms with Gasteiger partial charge in [0, 0.05) is 12.4 Å². The van der Waals surface area contributed by atoms with Crippen molar-refractivity contribution in [2.45, 2.75) is 5.41 Å². The van der Waals surface area contributed by atoms with Gasteiger partial charge in [-0.05, 0) is 115 Å². The van der Waals surface area contributed by atoms with E-state index in [9.17, 15) is 0 Å². The summed E-state index contributed by atoms with van der Waals surface area (Å²) in [7, 11) is 0. The summed E-state index contributed by atoms with van der Waals surface area (Å²) in [6.07, 6.45) is 3.61. The van der Waals surface area contributed by atoms with Crippen LogP contribution < -0.4 is 0 Å². The van der Waals surface area contributed by atoms with Crippen LogP contribution in [0, 0.1) is 0 Å². The molecular formula is C52H35N3. The average Bonchev–Trinajstić information content (AvgIpc) is 3.58. The highest BCUT2D eigenvalue weighted by Gasteiger charge is 2.46. The van der Waals surface area contributed by atoms with Crippen molar-refractivity contribution >= 4 is 0 Å². The lowest BCUT2D eigenvalue weighted by Crippen LogP contribution is -2.28. The zero-order valence-corrected chi connectivity index (χ0v) is 30.0. The van der Waals surface area contributed by atoms with Crippen molar-refractivity contribution in [2.24, 2.45) is 0 Å². The zero-order valence-electron chi connectivity index (χ0n) is 30.0. The van der Waals surface area contributed by atoms with Gasteiger partial charge in [-0.15, -0.1) is 0 Å². The van der Waals surface area contributed by atoms with Crippen molar-refractivity contribution < 1.29 is 0 Å². The van der Waals surface area contributed by atoms with E-state index in [1.165, 1.54) is 44.5 Å². The fraction of sp³-hybridized carbons (Fsp3) is 0.0192. The minimum absolute atomic E-state index is 0.426. The second-order valence-electron chi connectivity index (χ2n) is 14.0. The lowest BCUT2D eigenvalue weighted by molar-refractivity contribution is 0.769. The molecule has 3 nitrogen and oxygen atoms in total. The molecule has 1 aliphatic carbocycles. The smallest absolute Gasteiger partial charge is 0.0900 e. The van der Waals surface area contributed by atoms with Crippen LogP contribution in [0.25, 0.3) is 67.3 Å². The van der Waals surface area contributed by atoms with E-state index >= 15 is 0 Å². The maximum absolute atomic E-state index is 4.97. The van der Waals surface area contributed by atoms with Crippen LogP contribution >= 0.6 is 0 Å². The Kier molecular flexibility index (Phi) is 8.04. The largest absolute Gasteiger partial charge is 0.255 e. The number of hydrogen-bond acceptors (Lipinski definition) is 3. The van der Waals surface area contributed by atoms with Gasteiger partial charge in [0.2, 0.25) is 0 Å². The molecule has 0 radical (unpaired) electrons. The first kappa shape index (κ1) is 32.4. The van der Waals surface area contributed by atoms with Crippen molar-refractivity contribution in [3.05, 3.63) is 235 Å². The summed E-state index contributed by atoms with van der Waals surface area (Å²) in [5, 5.41) is 0. The molecule has 0 atom stereocenters. The number of rotatable bonds is 7. The van der Waals surface area contributed by atoms with Gasteiger partial charge < -0.3 is 0 Å². The van der Waals surface area contributed by atoms with Crippen LogP contribution in [0.3, 0.4) is 0 Å². The molecule has 3 heteroatoms. The number of pyridine rings is 3. The van der Waals surface area contributed by atoms with E-state index in [-0.39, 0.29) is 0 Å². The van der Waals surface area contributed by atoms with E-state index in [1.54, 1.807) is 12.4 Å². The van der Waals surface area contributed by atoms with Gasteiger partial charge in [0.15, 0.2) is 0 Å². The molecule has 0 unspecified atom stereocenters. The van der Waals surface area contributed by atoms with E-state index in [1.807, 2.05) is 36.4 Å². The molecule has 0 saturated heterocycles. The Labute approximate surface area is 321 Å². The molecule has 3 aromatic heterocycles. The molecule has 0 N–H and O–H groups in total. The first-order valence-electron chi connectivity index (χ1n) is 18.7. The zero-order chi connectivity index (χ0) is 36.6. The summed E-state index contributed by atoms with van der Waals surface area (Å²) in [6, 6.07) is 71.7. The van der Waals surface area contributed by atoms with E-state index in [0.29, 0.717) is 0 Å². The predicted molar refractivity (Wildman–Crippen MR) is 224 cm³/mol. The van der Waals surface area contributed by atoms with Gasteiger partial charge in [0.1, 0.15) is 0 Å². The fourth-order valence-electron chi connectivity index (χ4n) is 8.35. The third-order valence-corrected chi connectivity index (χ3v) is 10.9. The van der Waals surface area contributed by atoms with Crippen LogP contribution in [-0.2, 0) is 5.41 Å². The van der Waals surface area contributed by atoms with Crippen molar-refractivity contribution in [1.29, 1.82) is 0 Å². The van der Waals surface area contributed by atoms with Crippen molar-refractivity contribution in [2.75, 3.05) is 0 Å². The van der Waals surface area contributed by atoms with Crippen LogP contribution in [0.15, 0.2) is 213 Å². The van der Waals surface area contributed by atoms with Gasteiger partial charge in [-0.2, -0.15) is 0 Å². The molecule has 258 valence electrons. The van der Waals surface area contributed by atoms with Gasteiger partial charge in [-0.25, -0.2) is 4.98 Å². The third kappa shape index (κ3) is 5.65. The summed E-state index contributed by atoms with van der Waals surface area (Å²) < 4.78 is 0. The standard InChI is InChI=1S/C52H35N3/c1-3-16-42(17-4-1)52(43-18-5-2-6-19-43)46-21-8-7-20-44(46)45-29-28-40(33-47(45)52)37-26-24-36(25-27-37)38-14-13-15-39(32-38)41-34-50(48-22-9-11-30-53-48)55-51(35-41)49-23-10-12-31-54-49/h1-35H. The Morgan fingerprint density at radius 1 is 0.291 bits per heavy atom. The van der Waals surface area contributed by atoms with Crippen LogP contribution in [0.1, 0.15) is 22.3 Å². The maximum atomic E-state index is 4.97. The molecule has 9 aromatic rings. The van der Waals surface area contributed by atoms with Crippen LogP contribution in [-0.4, -0.2) is 15.0 Å². The molecule has 6 aromatic carbocycles. The lowest BCUT2D eigenvalue weighted by Gasteiger charge is -2.34. The molecule has 0 saturated carbocycles. The highest BCUT2D eigenvalue weighted by Crippen LogP contribution is 2.56. The fourth-order valence-corrected chi connectivity index (χ4v) is 8.35. The lowest BCUT2D eigenvalue weighted by atomic mass is 9.67. The van der Waals surface area contributed by atoms with Gasteiger partial charge in [0.25, 0.3) is 0 Å². The first-order valence-corrected chi connectivity index (χ1v) is 18.7. The Hall–Kier alpha value is -7.23. The van der Waals surface area contributed by atoms with Crippen LogP contribution in [0.5, 0.6) is 0 Å². The Morgan fingerprint density at radius 3 is 1.36 bits per heavy atom. The average molecular weight is 702 g/mol. The molecular weight excluding hydrogens is 667 g/mol. The number of aromatic nitrogens is 3. The Balaban J connectivity index is 1.04. The van der Waals surface area contributed by atoms with Crippen LogP contribution in [0.2, 0.25) is 0 Å². The Bertz CT molecular complexity index is 2680. The number of nitrogens with zero attached hydrogens (tertiary/aromatic N) is 3. The molecule has 55 heavy (non-hydrogen) atoms. The second-order valence-corrected chi connectivity index (χ2v) is 14.0. The molecule has 10 rings (SSSR count). The molecule has 0 fully saturated rings. The summed E-state index contributed by atoms with van der Waals surface area (Å²) in [5.41, 5.74) is 17.5. The molecule has 1 aliphatic rings. The van der Waals surface area contributed by atoms with Crippen molar-refractivity contribution in [1.82, 2.24) is 15.0 Å². The van der Waals surface area contributed by atoms with Crippen molar-refractivity contribution in [3.63, 3.8) is 0 Å². The maximum Gasteiger partial charge on any atom is 0.0900 e. The Morgan fingerprint density at radius 2 is 0.782 bits per heavy atom. The summed E-state index contributed by atoms with van der Waals surface area (Å²) in [5.74, 6) is 0. The number of benzene rings is 6. The SMILES string of the molecule is c1ccc(C2(c3ccccc3)c3ccccc3-c3ccc(-c4ccc(-c5cccc(-c6cc(-c7ccccn7)nc(-c7ccccn7)c6)c5)cc4)cc32)cc1. The monoisotopic (exact) mass is 701 g/mol. The predicted octanol–water partition coefficient (Wildman–Crippen LogP) is 12.6. The third-order valence-electron chi connectivity index (χ3n) is 10.9. The van der Waals surface area contributed by atoms with Crippen LogP contribution in [0.4, 0.5) is 0 Å². The highest BCUT2D eigenvalue weighted by atomic mass is 14.8. The minimum Gasteiger partial charge on any atom is -0.255 e. The molecule has 0 bridgehead atoms. The van der Waals surface area contributed by atoms with E-state index in [4.69, 9.17) is 4.98 Å². The molecule has 0 spiro atoms. The number of hydrogen-bond donors (Lipinski definition) is 0. The van der Waals surface area contributed by atoms with Gasteiger partial charge in [-0.1, -0.05) is 152 Å². The summed E-state index contributed by atoms with van der Waals surface area (Å²) >= 11 is 0. The topological polar surface area (TPSA) is 38.7 Å². The quantitative estimate of drug-likeness (QED) is 0.166. The summed E-state index contributed by atoms with van der Waals surface area (Å²) in [4.78, 5) is 14.2. The van der Waals surface area contributed by atoms with Gasteiger partial charge in [0.05, 0.1) is 28.2 Å². The van der Waals surface area contributed by atoms with E-state index in [0.717, 1.165) is 45.0 Å². The highest BCUT2D eigenvalue weighted by molar-refractivity contribution is 5.88. The van der Waals surface area contributed by atoms with Gasteiger partial charge in [-0.3, -0.25) is 9.97 Å². The minimum atomic E-state index is -0.426. The molecule has 0 amide bonds. The van der Waals surface area contributed by atoms with Crippen molar-refractivity contribution in [3.8, 4) is 67.3 Å². The van der Waals surface area contributed by atoms with Gasteiger partial charge >= 0.3 is 0 Å². The first-order chi connectivity index (χ1) is 27.3. The summed E-state index contributed by atoms with van der Waals surface area (Å²) in [6.45, 7) is 0.